The van der Waals surface area contributed by atoms with Crippen LogP contribution in [0.25, 0.3) is 22.3 Å². The second kappa shape index (κ2) is 5.88. The van der Waals surface area contributed by atoms with E-state index in [0.29, 0.717) is 0 Å². The maximum absolute atomic E-state index is 2.38. The summed E-state index contributed by atoms with van der Waals surface area (Å²) in [5, 5.41) is 0. The lowest BCUT2D eigenvalue weighted by Gasteiger charge is -2.26. The highest BCUT2D eigenvalue weighted by atomic mass is 14.3. The Morgan fingerprint density at radius 1 is 0.600 bits per heavy atom. The molecular weight excluding hydrogens is 300 g/mol. The molecule has 3 aromatic carbocycles. The second-order valence-electron chi connectivity index (χ2n) is 7.72. The zero-order chi connectivity index (χ0) is 17.7. The van der Waals surface area contributed by atoms with E-state index >= 15 is 0 Å². The zero-order valence-corrected chi connectivity index (χ0v) is 16.0. The van der Waals surface area contributed by atoms with Crippen molar-refractivity contribution in [2.24, 2.45) is 0 Å². The zero-order valence-electron chi connectivity index (χ0n) is 16.0. The minimum Gasteiger partial charge on any atom is -0.0610 e. The molecule has 0 atom stereocenters. The number of aryl methyl sites for hydroxylation is 6. The van der Waals surface area contributed by atoms with E-state index in [1.165, 1.54) is 61.2 Å². The van der Waals surface area contributed by atoms with Crippen LogP contribution in [0.15, 0.2) is 42.5 Å². The van der Waals surface area contributed by atoms with Crippen molar-refractivity contribution in [3.63, 3.8) is 0 Å². The first-order valence-corrected chi connectivity index (χ1v) is 9.26. The van der Waals surface area contributed by atoms with Crippen molar-refractivity contribution in [1.29, 1.82) is 0 Å². The van der Waals surface area contributed by atoms with Crippen molar-refractivity contribution in [2.75, 3.05) is 0 Å². The molecular formula is C25H26. The summed E-state index contributed by atoms with van der Waals surface area (Å²) in [6.07, 6.45) is 2.28. The summed E-state index contributed by atoms with van der Waals surface area (Å²) in [7, 11) is 0. The largest absolute Gasteiger partial charge is 0.0610 e. The van der Waals surface area contributed by atoms with Crippen LogP contribution >= 0.6 is 0 Å². The molecule has 0 unspecified atom stereocenters. The molecule has 4 rings (SSSR count). The Kier molecular flexibility index (Phi) is 3.80. The summed E-state index contributed by atoms with van der Waals surface area (Å²) in [6.45, 7) is 11.2. The first-order chi connectivity index (χ1) is 12.0. The van der Waals surface area contributed by atoms with Crippen LogP contribution in [0.4, 0.5) is 0 Å². The first kappa shape index (κ1) is 16.1. The van der Waals surface area contributed by atoms with Crippen LogP contribution in [0.3, 0.4) is 0 Å². The monoisotopic (exact) mass is 326 g/mol. The van der Waals surface area contributed by atoms with E-state index in [4.69, 9.17) is 0 Å². The van der Waals surface area contributed by atoms with Gasteiger partial charge < -0.3 is 0 Å². The number of hydrogen-bond donors (Lipinski definition) is 0. The van der Waals surface area contributed by atoms with Gasteiger partial charge in [-0.3, -0.25) is 0 Å². The molecule has 0 bridgehead atoms. The normalized spacial score (nSPS) is 12.7. The lowest BCUT2D eigenvalue weighted by molar-refractivity contribution is 0.937. The van der Waals surface area contributed by atoms with Crippen molar-refractivity contribution in [3.8, 4) is 22.3 Å². The number of fused-ring (bicyclic) bond motifs is 3. The van der Waals surface area contributed by atoms with Crippen molar-refractivity contribution in [1.82, 2.24) is 0 Å². The fourth-order valence-electron chi connectivity index (χ4n) is 4.83. The molecule has 126 valence electrons. The molecule has 0 N–H and O–H groups in total. The minimum absolute atomic E-state index is 1.13. The molecule has 0 aliphatic heterocycles. The van der Waals surface area contributed by atoms with Crippen molar-refractivity contribution in [2.45, 2.75) is 47.5 Å². The summed E-state index contributed by atoms with van der Waals surface area (Å²) in [5.41, 5.74) is 15.7. The Balaban J connectivity index is 1.99. The third-order valence-electron chi connectivity index (χ3n) is 5.60. The van der Waals surface area contributed by atoms with Gasteiger partial charge in [0.2, 0.25) is 0 Å². The predicted molar refractivity (Wildman–Crippen MR) is 108 cm³/mol. The lowest BCUT2D eigenvalue weighted by atomic mass is 9.78. The van der Waals surface area contributed by atoms with E-state index < -0.39 is 0 Å². The Morgan fingerprint density at radius 3 is 1.76 bits per heavy atom. The van der Waals surface area contributed by atoms with Gasteiger partial charge >= 0.3 is 0 Å². The van der Waals surface area contributed by atoms with Crippen LogP contribution in [0, 0.1) is 34.6 Å². The van der Waals surface area contributed by atoms with Crippen molar-refractivity contribution in [3.05, 3.63) is 81.4 Å². The summed E-state index contributed by atoms with van der Waals surface area (Å²) >= 11 is 0. The Hall–Kier alpha value is -2.34. The van der Waals surface area contributed by atoms with Gasteiger partial charge in [0.25, 0.3) is 0 Å². The molecule has 0 heteroatoms. The maximum atomic E-state index is 2.38. The maximum Gasteiger partial charge on any atom is -0.0119 e. The molecule has 25 heavy (non-hydrogen) atoms. The standard InChI is InChI=1S/C25H26/c1-15-11-17(3)24(18(4)12-15)22-7-6-8-23-21(22)10-9-20-14-16(2)13-19(5)25(20)23/h6-8,11-14H,9-10H2,1-5H3. The smallest absolute Gasteiger partial charge is 0.0119 e. The molecule has 1 aliphatic carbocycles. The lowest BCUT2D eigenvalue weighted by Crippen LogP contribution is -2.08. The molecule has 0 fully saturated rings. The van der Waals surface area contributed by atoms with Gasteiger partial charge in [-0.2, -0.15) is 0 Å². The fraction of sp³-hybridized carbons (Fsp3) is 0.280. The van der Waals surface area contributed by atoms with Gasteiger partial charge in [-0.25, -0.2) is 0 Å². The highest BCUT2D eigenvalue weighted by Crippen LogP contribution is 2.42. The van der Waals surface area contributed by atoms with Gasteiger partial charge in [-0.1, -0.05) is 53.6 Å². The Morgan fingerprint density at radius 2 is 1.12 bits per heavy atom. The van der Waals surface area contributed by atoms with E-state index in [1.54, 1.807) is 0 Å². The minimum atomic E-state index is 1.13. The van der Waals surface area contributed by atoms with Crippen molar-refractivity contribution >= 4 is 0 Å². The summed E-state index contributed by atoms with van der Waals surface area (Å²) in [5.74, 6) is 0. The van der Waals surface area contributed by atoms with E-state index in [0.717, 1.165) is 12.8 Å². The van der Waals surface area contributed by atoms with E-state index in [2.05, 4.69) is 77.1 Å². The van der Waals surface area contributed by atoms with Crippen LogP contribution in [0.5, 0.6) is 0 Å². The molecule has 0 saturated carbocycles. The van der Waals surface area contributed by atoms with Crippen LogP contribution in [0.1, 0.15) is 38.9 Å². The van der Waals surface area contributed by atoms with Gasteiger partial charge in [0.05, 0.1) is 0 Å². The number of rotatable bonds is 1. The van der Waals surface area contributed by atoms with Gasteiger partial charge in [-0.15, -0.1) is 0 Å². The van der Waals surface area contributed by atoms with E-state index in [9.17, 15) is 0 Å². The molecule has 0 heterocycles. The molecule has 0 spiro atoms. The number of hydrogen-bond acceptors (Lipinski definition) is 0. The molecule has 0 amide bonds. The second-order valence-corrected chi connectivity index (χ2v) is 7.72. The van der Waals surface area contributed by atoms with Crippen LogP contribution in [0.2, 0.25) is 0 Å². The summed E-state index contributed by atoms with van der Waals surface area (Å²) in [4.78, 5) is 0. The SMILES string of the molecule is Cc1cc(C)c(-c2cccc3c2CCc2cc(C)cc(C)c2-3)c(C)c1. The molecule has 3 aromatic rings. The quantitative estimate of drug-likeness (QED) is 0.469. The van der Waals surface area contributed by atoms with Crippen molar-refractivity contribution < 1.29 is 0 Å². The van der Waals surface area contributed by atoms with Crippen LogP contribution in [-0.4, -0.2) is 0 Å². The van der Waals surface area contributed by atoms with Gasteiger partial charge in [0.1, 0.15) is 0 Å². The van der Waals surface area contributed by atoms with Gasteiger partial charge in [-0.05, 0) is 97.5 Å². The molecule has 0 nitrogen and oxygen atoms in total. The molecule has 0 radical (unpaired) electrons. The first-order valence-electron chi connectivity index (χ1n) is 9.26. The molecule has 1 aliphatic rings. The summed E-state index contributed by atoms with van der Waals surface area (Å²) in [6, 6.07) is 16.2. The molecule has 0 aromatic heterocycles. The van der Waals surface area contributed by atoms with E-state index in [-0.39, 0.29) is 0 Å². The number of benzene rings is 3. The molecule has 0 saturated heterocycles. The Labute approximate surface area is 151 Å². The van der Waals surface area contributed by atoms with E-state index in [1.807, 2.05) is 0 Å². The highest BCUT2D eigenvalue weighted by Gasteiger charge is 2.22. The topological polar surface area (TPSA) is 0 Å². The van der Waals surface area contributed by atoms with Gasteiger partial charge in [0.15, 0.2) is 0 Å². The fourth-order valence-corrected chi connectivity index (χ4v) is 4.83. The Bertz CT molecular complexity index is 966. The summed E-state index contributed by atoms with van der Waals surface area (Å²) < 4.78 is 0. The van der Waals surface area contributed by atoms with Crippen LogP contribution in [-0.2, 0) is 12.8 Å². The van der Waals surface area contributed by atoms with Crippen LogP contribution < -0.4 is 0 Å². The van der Waals surface area contributed by atoms with Gasteiger partial charge in [0, 0.05) is 0 Å². The predicted octanol–water partition coefficient (Wildman–Crippen LogP) is 6.66. The highest BCUT2D eigenvalue weighted by molar-refractivity contribution is 5.85. The average molecular weight is 326 g/mol. The average Bonchev–Trinajstić information content (AvgIpc) is 2.53. The third-order valence-corrected chi connectivity index (χ3v) is 5.60. The third kappa shape index (κ3) is 2.61.